The first-order chi connectivity index (χ1) is 12.9. The van der Waals surface area contributed by atoms with Crippen LogP contribution in [-0.2, 0) is 21.3 Å². The standard InChI is InChI=1S/C19H32N4O3S/c1-15-7-8-17(16(2)12-15)13-22-19(20-3)21-9-11-27(24,25)23-14-18-6-4-5-10-26-18/h7-8,12,18,23H,4-6,9-11,13-14H2,1-3H3,(H2,20,21,22). The summed E-state index contributed by atoms with van der Waals surface area (Å²) >= 11 is 0. The van der Waals surface area contributed by atoms with E-state index in [1.165, 1.54) is 16.7 Å². The fourth-order valence-corrected chi connectivity index (χ4v) is 3.96. The van der Waals surface area contributed by atoms with Gasteiger partial charge in [-0.05, 0) is 44.2 Å². The van der Waals surface area contributed by atoms with E-state index in [4.69, 9.17) is 4.74 Å². The highest BCUT2D eigenvalue weighted by atomic mass is 32.2. The van der Waals surface area contributed by atoms with Crippen molar-refractivity contribution in [3.8, 4) is 0 Å². The molecule has 0 saturated carbocycles. The average Bonchev–Trinajstić information content (AvgIpc) is 2.65. The second-order valence-electron chi connectivity index (χ2n) is 6.94. The molecule has 0 bridgehead atoms. The molecule has 1 aromatic carbocycles. The minimum absolute atomic E-state index is 0.00587. The highest BCUT2D eigenvalue weighted by Crippen LogP contribution is 2.12. The summed E-state index contributed by atoms with van der Waals surface area (Å²) in [4.78, 5) is 4.15. The molecule has 1 fully saturated rings. The van der Waals surface area contributed by atoms with Gasteiger partial charge in [-0.2, -0.15) is 0 Å². The SMILES string of the molecule is CN=C(NCCS(=O)(=O)NCC1CCCCO1)NCc1ccc(C)cc1C. The van der Waals surface area contributed by atoms with E-state index in [-0.39, 0.29) is 18.4 Å². The molecule has 8 heteroatoms. The van der Waals surface area contributed by atoms with E-state index < -0.39 is 10.0 Å². The predicted molar refractivity (Wildman–Crippen MR) is 109 cm³/mol. The molecule has 1 saturated heterocycles. The van der Waals surface area contributed by atoms with Gasteiger partial charge >= 0.3 is 0 Å². The van der Waals surface area contributed by atoms with Gasteiger partial charge in [-0.1, -0.05) is 23.8 Å². The molecule has 1 atom stereocenters. The first-order valence-corrected chi connectivity index (χ1v) is 11.1. The minimum atomic E-state index is -3.34. The van der Waals surface area contributed by atoms with Crippen LogP contribution in [0.15, 0.2) is 23.2 Å². The van der Waals surface area contributed by atoms with Crippen molar-refractivity contribution in [2.45, 2.75) is 45.8 Å². The van der Waals surface area contributed by atoms with Crippen LogP contribution in [0.25, 0.3) is 0 Å². The van der Waals surface area contributed by atoms with E-state index in [1.807, 2.05) is 0 Å². The van der Waals surface area contributed by atoms with Crippen molar-refractivity contribution in [2.75, 3.05) is 32.5 Å². The largest absolute Gasteiger partial charge is 0.377 e. The summed E-state index contributed by atoms with van der Waals surface area (Å²) in [5, 5.41) is 6.27. The molecule has 1 aliphatic rings. The molecule has 27 heavy (non-hydrogen) atoms. The lowest BCUT2D eigenvalue weighted by molar-refractivity contribution is 0.0200. The van der Waals surface area contributed by atoms with Gasteiger partial charge in [0.05, 0.1) is 11.9 Å². The third-order valence-corrected chi connectivity index (χ3v) is 5.98. The van der Waals surface area contributed by atoms with Crippen LogP contribution in [0.2, 0.25) is 0 Å². The van der Waals surface area contributed by atoms with Crippen molar-refractivity contribution < 1.29 is 13.2 Å². The molecule has 0 spiro atoms. The number of nitrogens with zero attached hydrogens (tertiary/aromatic N) is 1. The first-order valence-electron chi connectivity index (χ1n) is 9.49. The second kappa shape index (κ2) is 10.6. The molecule has 2 rings (SSSR count). The van der Waals surface area contributed by atoms with E-state index in [2.05, 4.69) is 52.4 Å². The highest BCUT2D eigenvalue weighted by Gasteiger charge is 2.17. The lowest BCUT2D eigenvalue weighted by Crippen LogP contribution is -2.42. The second-order valence-corrected chi connectivity index (χ2v) is 8.86. The third kappa shape index (κ3) is 7.86. The van der Waals surface area contributed by atoms with Gasteiger partial charge in [0.25, 0.3) is 0 Å². The zero-order chi connectivity index (χ0) is 19.7. The molecule has 152 valence electrons. The van der Waals surface area contributed by atoms with E-state index in [9.17, 15) is 8.42 Å². The van der Waals surface area contributed by atoms with Gasteiger partial charge in [0.2, 0.25) is 10.0 Å². The topological polar surface area (TPSA) is 91.8 Å². The van der Waals surface area contributed by atoms with Crippen LogP contribution in [0.3, 0.4) is 0 Å². The van der Waals surface area contributed by atoms with Crippen LogP contribution >= 0.6 is 0 Å². The number of hydrogen-bond acceptors (Lipinski definition) is 4. The molecular formula is C19H32N4O3S. The van der Waals surface area contributed by atoms with Crippen LogP contribution in [0, 0.1) is 13.8 Å². The number of nitrogens with one attached hydrogen (secondary N) is 3. The van der Waals surface area contributed by atoms with Crippen molar-refractivity contribution in [1.29, 1.82) is 0 Å². The highest BCUT2D eigenvalue weighted by molar-refractivity contribution is 7.89. The van der Waals surface area contributed by atoms with Gasteiger partial charge in [-0.25, -0.2) is 13.1 Å². The number of hydrogen-bond donors (Lipinski definition) is 3. The van der Waals surface area contributed by atoms with Gasteiger partial charge in [0, 0.05) is 33.3 Å². The van der Waals surface area contributed by atoms with Crippen molar-refractivity contribution in [3.05, 3.63) is 34.9 Å². The summed E-state index contributed by atoms with van der Waals surface area (Å²) in [6, 6.07) is 6.31. The van der Waals surface area contributed by atoms with Crippen molar-refractivity contribution >= 4 is 16.0 Å². The van der Waals surface area contributed by atoms with Crippen LogP contribution < -0.4 is 15.4 Å². The van der Waals surface area contributed by atoms with Crippen LogP contribution in [-0.4, -0.2) is 53.0 Å². The van der Waals surface area contributed by atoms with E-state index >= 15 is 0 Å². The molecule has 3 N–H and O–H groups in total. The first kappa shape index (κ1) is 21.7. The van der Waals surface area contributed by atoms with Gasteiger partial charge in [-0.15, -0.1) is 0 Å². The summed E-state index contributed by atoms with van der Waals surface area (Å²) in [6.07, 6.45) is 3.06. The minimum Gasteiger partial charge on any atom is -0.377 e. The van der Waals surface area contributed by atoms with Gasteiger partial charge in [-0.3, -0.25) is 4.99 Å². The number of rotatable bonds is 8. The Morgan fingerprint density at radius 2 is 2.07 bits per heavy atom. The number of aliphatic imine (C=N–C) groups is 1. The molecular weight excluding hydrogens is 364 g/mol. The molecule has 1 aromatic rings. The molecule has 1 aliphatic heterocycles. The Bertz CT molecular complexity index is 728. The van der Waals surface area contributed by atoms with Crippen LogP contribution in [0.4, 0.5) is 0 Å². The summed E-state index contributed by atoms with van der Waals surface area (Å²) in [6.45, 7) is 6.13. The van der Waals surface area contributed by atoms with Crippen LogP contribution in [0.5, 0.6) is 0 Å². The molecule has 1 heterocycles. The number of aryl methyl sites for hydroxylation is 2. The number of sulfonamides is 1. The zero-order valence-electron chi connectivity index (χ0n) is 16.5. The van der Waals surface area contributed by atoms with Crippen molar-refractivity contribution in [3.63, 3.8) is 0 Å². The van der Waals surface area contributed by atoms with Gasteiger partial charge in [0.15, 0.2) is 5.96 Å². The Kier molecular flexibility index (Phi) is 8.53. The Hall–Kier alpha value is -1.64. The van der Waals surface area contributed by atoms with Crippen molar-refractivity contribution in [2.24, 2.45) is 4.99 Å². The quantitative estimate of drug-likeness (QED) is 0.457. The number of benzene rings is 1. The zero-order valence-corrected chi connectivity index (χ0v) is 17.4. The summed E-state index contributed by atoms with van der Waals surface area (Å²) < 4.78 is 32.5. The van der Waals surface area contributed by atoms with E-state index in [0.29, 0.717) is 19.0 Å². The fraction of sp³-hybridized carbons (Fsp3) is 0.632. The molecule has 0 aromatic heterocycles. The normalized spacial score (nSPS) is 18.3. The Morgan fingerprint density at radius 1 is 1.26 bits per heavy atom. The predicted octanol–water partition coefficient (Wildman–Crippen LogP) is 1.46. The number of ether oxygens (including phenoxy) is 1. The summed E-state index contributed by atoms with van der Waals surface area (Å²) in [5.41, 5.74) is 3.63. The maximum absolute atomic E-state index is 12.1. The van der Waals surface area contributed by atoms with Gasteiger partial charge < -0.3 is 15.4 Å². The summed E-state index contributed by atoms with van der Waals surface area (Å²) in [5.74, 6) is 0.574. The van der Waals surface area contributed by atoms with E-state index in [0.717, 1.165) is 25.9 Å². The lowest BCUT2D eigenvalue weighted by Gasteiger charge is -2.22. The van der Waals surface area contributed by atoms with E-state index in [1.54, 1.807) is 7.05 Å². The monoisotopic (exact) mass is 396 g/mol. The average molecular weight is 397 g/mol. The molecule has 7 nitrogen and oxygen atoms in total. The Labute approximate surface area is 163 Å². The smallest absolute Gasteiger partial charge is 0.213 e. The van der Waals surface area contributed by atoms with Gasteiger partial charge in [0.1, 0.15) is 0 Å². The fourth-order valence-electron chi connectivity index (χ4n) is 3.01. The molecule has 1 unspecified atom stereocenters. The van der Waals surface area contributed by atoms with Crippen LogP contribution in [0.1, 0.15) is 36.0 Å². The lowest BCUT2D eigenvalue weighted by atomic mass is 10.1. The maximum Gasteiger partial charge on any atom is 0.213 e. The van der Waals surface area contributed by atoms with Crippen molar-refractivity contribution in [1.82, 2.24) is 15.4 Å². The third-order valence-electron chi connectivity index (χ3n) is 4.64. The molecule has 0 aliphatic carbocycles. The maximum atomic E-state index is 12.1. The number of guanidine groups is 1. The Morgan fingerprint density at radius 3 is 2.74 bits per heavy atom. The summed E-state index contributed by atoms with van der Waals surface area (Å²) in [7, 11) is -1.67. The molecule has 0 amide bonds. The molecule has 0 radical (unpaired) electrons. The Balaban J connectivity index is 1.71.